The molecule has 1 aliphatic rings. The number of amides is 1. The summed E-state index contributed by atoms with van der Waals surface area (Å²) in [4.78, 5) is 39.6. The van der Waals surface area contributed by atoms with Gasteiger partial charge in [0.05, 0.1) is 11.2 Å². The van der Waals surface area contributed by atoms with Crippen LogP contribution in [0.1, 0.15) is 53.0 Å². The third-order valence-corrected chi connectivity index (χ3v) is 7.60. The van der Waals surface area contributed by atoms with Gasteiger partial charge in [-0.1, -0.05) is 61.8 Å². The van der Waals surface area contributed by atoms with E-state index in [-0.39, 0.29) is 28.8 Å². The third kappa shape index (κ3) is 5.70. The van der Waals surface area contributed by atoms with Crippen LogP contribution in [0.4, 0.5) is 15.0 Å². The summed E-state index contributed by atoms with van der Waals surface area (Å²) in [6, 6.07) is 15.5. The smallest absolute Gasteiger partial charge is 0.410 e. The summed E-state index contributed by atoms with van der Waals surface area (Å²) < 4.78 is 22.0. The number of rotatable bonds is 4. The van der Waals surface area contributed by atoms with E-state index in [4.69, 9.17) is 21.3 Å². The number of anilines is 1. The van der Waals surface area contributed by atoms with Gasteiger partial charge < -0.3 is 14.5 Å². The molecule has 1 atom stereocenters. The number of hydrogen-bond acceptors (Lipinski definition) is 6. The molecule has 0 bridgehead atoms. The van der Waals surface area contributed by atoms with Crippen molar-refractivity contribution in [3.8, 4) is 16.8 Å². The Balaban J connectivity index is 1.69. The van der Waals surface area contributed by atoms with Gasteiger partial charge in [0.25, 0.3) is 0 Å². The second-order valence-electron chi connectivity index (χ2n) is 11.9. The van der Waals surface area contributed by atoms with Crippen molar-refractivity contribution in [1.29, 1.82) is 0 Å². The zero-order chi connectivity index (χ0) is 30.3. The third-order valence-electron chi connectivity index (χ3n) is 7.32. The number of carbonyl (C=O) groups excluding carboxylic acids is 1. The molecule has 1 amide bonds. The molecule has 5 rings (SSSR count). The standard InChI is InChI=1S/C32H35ClFN5O3/c1-19(2)21-11-8-10-14-25(21)39-26-17-23(22-12-7-9-13-24(22)34)28(33)35-27(26)29(36-30(39)40)38-16-15-37(18-20(38)3)31(41)42-32(4,5)6/h7-14,17,19-20H,15-16,18H2,1-6H3. The molecule has 1 saturated heterocycles. The van der Waals surface area contributed by atoms with Crippen molar-refractivity contribution < 1.29 is 13.9 Å². The summed E-state index contributed by atoms with van der Waals surface area (Å²) in [5, 5.41) is 0.0954. The van der Waals surface area contributed by atoms with Gasteiger partial charge in [0.2, 0.25) is 0 Å². The first-order chi connectivity index (χ1) is 19.9. The van der Waals surface area contributed by atoms with Crippen molar-refractivity contribution in [2.24, 2.45) is 0 Å². The Morgan fingerprint density at radius 3 is 2.40 bits per heavy atom. The first kappa shape index (κ1) is 29.5. The number of ether oxygens (including phenoxy) is 1. The molecule has 0 spiro atoms. The minimum absolute atomic E-state index is 0.0954. The highest BCUT2D eigenvalue weighted by atomic mass is 35.5. The van der Waals surface area contributed by atoms with E-state index in [9.17, 15) is 14.0 Å². The maximum Gasteiger partial charge on any atom is 0.410 e. The van der Waals surface area contributed by atoms with Crippen LogP contribution >= 0.6 is 11.6 Å². The Morgan fingerprint density at radius 1 is 1.05 bits per heavy atom. The summed E-state index contributed by atoms with van der Waals surface area (Å²) in [5.41, 5.74) is 2.06. The Kier molecular flexibility index (Phi) is 7.98. The van der Waals surface area contributed by atoms with E-state index in [1.165, 1.54) is 10.6 Å². The zero-order valence-electron chi connectivity index (χ0n) is 24.7. The predicted octanol–water partition coefficient (Wildman–Crippen LogP) is 6.81. The molecule has 1 fully saturated rings. The highest BCUT2D eigenvalue weighted by molar-refractivity contribution is 6.32. The number of nitrogens with zero attached hydrogens (tertiary/aromatic N) is 5. The Morgan fingerprint density at radius 2 is 1.74 bits per heavy atom. The van der Waals surface area contributed by atoms with E-state index < -0.39 is 17.1 Å². The molecule has 8 nitrogen and oxygen atoms in total. The van der Waals surface area contributed by atoms with Crippen LogP contribution in [0.2, 0.25) is 5.15 Å². The van der Waals surface area contributed by atoms with Crippen LogP contribution in [0.15, 0.2) is 59.4 Å². The molecule has 220 valence electrons. The van der Waals surface area contributed by atoms with Gasteiger partial charge in [-0.3, -0.25) is 4.57 Å². The Labute approximate surface area is 249 Å². The molecule has 10 heteroatoms. The summed E-state index contributed by atoms with van der Waals surface area (Å²) in [5.74, 6) is 0.0415. The van der Waals surface area contributed by atoms with Gasteiger partial charge >= 0.3 is 11.8 Å². The van der Waals surface area contributed by atoms with Gasteiger partial charge in [-0.15, -0.1) is 0 Å². The van der Waals surface area contributed by atoms with Crippen LogP contribution in [-0.2, 0) is 4.74 Å². The number of para-hydroxylation sites is 1. The normalized spacial score (nSPS) is 15.9. The molecule has 42 heavy (non-hydrogen) atoms. The summed E-state index contributed by atoms with van der Waals surface area (Å²) >= 11 is 6.72. The lowest BCUT2D eigenvalue weighted by Crippen LogP contribution is -2.55. The first-order valence-corrected chi connectivity index (χ1v) is 14.5. The topological polar surface area (TPSA) is 80.6 Å². The minimum Gasteiger partial charge on any atom is -0.444 e. The largest absolute Gasteiger partial charge is 0.444 e. The van der Waals surface area contributed by atoms with Gasteiger partial charge in [-0.05, 0) is 57.4 Å². The average Bonchev–Trinajstić information content (AvgIpc) is 2.92. The number of carbonyl (C=O) groups is 1. The van der Waals surface area contributed by atoms with E-state index >= 15 is 0 Å². The summed E-state index contributed by atoms with van der Waals surface area (Å²) in [6.45, 7) is 12.7. The molecule has 1 aliphatic heterocycles. The molecular formula is C32H35ClFN5O3. The van der Waals surface area contributed by atoms with Gasteiger partial charge in [0.1, 0.15) is 22.1 Å². The highest BCUT2D eigenvalue weighted by Crippen LogP contribution is 2.36. The fourth-order valence-corrected chi connectivity index (χ4v) is 5.60. The second kappa shape index (κ2) is 11.4. The molecule has 3 heterocycles. The van der Waals surface area contributed by atoms with Gasteiger partial charge in [0, 0.05) is 36.8 Å². The number of aromatic nitrogens is 3. The average molecular weight is 592 g/mol. The zero-order valence-corrected chi connectivity index (χ0v) is 25.4. The van der Waals surface area contributed by atoms with Crippen molar-refractivity contribution in [3.05, 3.63) is 81.6 Å². The number of fused-ring (bicyclic) bond motifs is 1. The fraction of sp³-hybridized carbons (Fsp3) is 0.375. The van der Waals surface area contributed by atoms with Crippen LogP contribution in [0.5, 0.6) is 0 Å². The van der Waals surface area contributed by atoms with Crippen molar-refractivity contribution in [1.82, 2.24) is 19.4 Å². The lowest BCUT2D eigenvalue weighted by Gasteiger charge is -2.41. The Bertz CT molecular complexity index is 1720. The molecule has 4 aromatic rings. The summed E-state index contributed by atoms with van der Waals surface area (Å²) in [6.07, 6.45) is -0.386. The van der Waals surface area contributed by atoms with Crippen molar-refractivity contribution in [2.45, 2.75) is 59.1 Å². The van der Waals surface area contributed by atoms with Crippen LogP contribution in [0.3, 0.4) is 0 Å². The number of halogens is 2. The van der Waals surface area contributed by atoms with E-state index in [0.29, 0.717) is 47.7 Å². The van der Waals surface area contributed by atoms with Crippen molar-refractivity contribution in [2.75, 3.05) is 24.5 Å². The minimum atomic E-state index is -0.609. The maximum absolute atomic E-state index is 14.9. The number of hydrogen-bond donors (Lipinski definition) is 0. The van der Waals surface area contributed by atoms with E-state index in [2.05, 4.69) is 18.8 Å². The van der Waals surface area contributed by atoms with Gasteiger partial charge in [0.15, 0.2) is 5.82 Å². The highest BCUT2D eigenvalue weighted by Gasteiger charge is 2.32. The van der Waals surface area contributed by atoms with Crippen LogP contribution in [0.25, 0.3) is 27.8 Å². The maximum atomic E-state index is 14.9. The van der Waals surface area contributed by atoms with Gasteiger partial charge in [-0.2, -0.15) is 4.98 Å². The Hall–Kier alpha value is -3.98. The lowest BCUT2D eigenvalue weighted by atomic mass is 10.0. The summed E-state index contributed by atoms with van der Waals surface area (Å²) in [7, 11) is 0. The molecule has 0 radical (unpaired) electrons. The van der Waals surface area contributed by atoms with Crippen LogP contribution < -0.4 is 10.6 Å². The number of benzene rings is 2. The van der Waals surface area contributed by atoms with Crippen molar-refractivity contribution >= 4 is 34.5 Å². The molecule has 0 aliphatic carbocycles. The quantitative estimate of drug-likeness (QED) is 0.243. The SMILES string of the molecule is CC(C)c1ccccc1-n1c(=O)nc(N2CCN(C(=O)OC(C)(C)C)CC2C)c2nc(Cl)c(-c3ccccc3F)cc21. The molecule has 0 saturated carbocycles. The van der Waals surface area contributed by atoms with Crippen LogP contribution in [0, 0.1) is 5.82 Å². The predicted molar refractivity (Wildman–Crippen MR) is 164 cm³/mol. The van der Waals surface area contributed by atoms with Crippen LogP contribution in [-0.4, -0.2) is 56.8 Å². The van der Waals surface area contributed by atoms with Gasteiger partial charge in [-0.25, -0.2) is 19.0 Å². The van der Waals surface area contributed by atoms with E-state index in [0.717, 1.165) is 5.56 Å². The first-order valence-electron chi connectivity index (χ1n) is 14.1. The lowest BCUT2D eigenvalue weighted by molar-refractivity contribution is 0.0218. The molecular weight excluding hydrogens is 557 g/mol. The van der Waals surface area contributed by atoms with E-state index in [1.54, 1.807) is 29.2 Å². The fourth-order valence-electron chi connectivity index (χ4n) is 5.36. The second-order valence-corrected chi connectivity index (χ2v) is 12.3. The van der Waals surface area contributed by atoms with E-state index in [1.807, 2.05) is 56.9 Å². The molecule has 2 aromatic heterocycles. The van der Waals surface area contributed by atoms with Crippen molar-refractivity contribution in [3.63, 3.8) is 0 Å². The number of pyridine rings is 1. The molecule has 1 unspecified atom stereocenters. The monoisotopic (exact) mass is 591 g/mol. The molecule has 2 aromatic carbocycles. The number of piperazine rings is 1. The molecule has 0 N–H and O–H groups in total.